The Labute approximate surface area is 263 Å². The number of oxazole rings is 1. The third-order valence-corrected chi connectivity index (χ3v) is 8.19. The predicted octanol–water partition coefficient (Wildman–Crippen LogP) is 10.2. The van der Waals surface area contributed by atoms with Crippen LogP contribution in [-0.2, 0) is 0 Å². The van der Waals surface area contributed by atoms with E-state index in [4.69, 9.17) is 28.8 Å². The molecule has 0 saturated carbocycles. The number of para-hydroxylation sites is 1. The second-order valence-corrected chi connectivity index (χ2v) is 11.1. The van der Waals surface area contributed by atoms with E-state index in [1.165, 1.54) is 0 Å². The quantitative estimate of drug-likeness (QED) is 0.198. The Morgan fingerprint density at radius 2 is 0.891 bits per heavy atom. The SMILES string of the molecule is c1ccc(-c2ccc(-c3nc(-c4ccccc4)nc(-c4c5nc(-c6ccccc6)oc5cc5oc6ccccc6c45)n3)cc2)cc1. The molecular weight excluding hydrogens is 568 g/mol. The lowest BCUT2D eigenvalue weighted by molar-refractivity contribution is 0.617. The summed E-state index contributed by atoms with van der Waals surface area (Å²) in [6.07, 6.45) is 0. The Bertz CT molecular complexity index is 2500. The molecule has 0 saturated heterocycles. The summed E-state index contributed by atoms with van der Waals surface area (Å²) >= 11 is 0. The van der Waals surface area contributed by atoms with Crippen LogP contribution in [0.1, 0.15) is 0 Å². The van der Waals surface area contributed by atoms with Gasteiger partial charge in [0.25, 0.3) is 0 Å². The first kappa shape index (κ1) is 26.0. The monoisotopic (exact) mass is 592 g/mol. The van der Waals surface area contributed by atoms with Gasteiger partial charge < -0.3 is 8.83 Å². The van der Waals surface area contributed by atoms with Gasteiger partial charge in [0, 0.05) is 33.5 Å². The van der Waals surface area contributed by atoms with E-state index >= 15 is 0 Å². The standard InChI is InChI=1S/C40H24N4O2/c1-4-12-25(13-5-1)26-20-22-28(23-21-26)38-42-37(27-14-6-2-7-15-27)43-39(44-38)35-34-30-18-10-11-19-31(30)45-32(34)24-33-36(35)41-40(46-33)29-16-8-3-9-17-29/h1-24H. The second kappa shape index (κ2) is 10.6. The van der Waals surface area contributed by atoms with Crippen molar-refractivity contribution in [3.05, 3.63) is 146 Å². The fourth-order valence-electron chi connectivity index (χ4n) is 5.97. The minimum Gasteiger partial charge on any atom is -0.456 e. The van der Waals surface area contributed by atoms with E-state index in [1.54, 1.807) is 0 Å². The van der Waals surface area contributed by atoms with Gasteiger partial charge in [-0.05, 0) is 29.3 Å². The highest BCUT2D eigenvalue weighted by Crippen LogP contribution is 2.42. The molecule has 0 fully saturated rings. The molecule has 0 aliphatic rings. The van der Waals surface area contributed by atoms with Gasteiger partial charge in [-0.25, -0.2) is 19.9 Å². The van der Waals surface area contributed by atoms with Gasteiger partial charge in [-0.1, -0.05) is 121 Å². The summed E-state index contributed by atoms with van der Waals surface area (Å²) in [5.74, 6) is 2.14. The van der Waals surface area contributed by atoms with E-state index in [2.05, 4.69) is 42.5 Å². The maximum absolute atomic E-state index is 6.36. The topological polar surface area (TPSA) is 77.8 Å². The molecule has 0 aliphatic heterocycles. The number of benzene rings is 6. The van der Waals surface area contributed by atoms with Crippen LogP contribution in [0, 0.1) is 0 Å². The molecule has 0 bridgehead atoms. The van der Waals surface area contributed by atoms with Crippen LogP contribution < -0.4 is 0 Å². The van der Waals surface area contributed by atoms with Crippen molar-refractivity contribution in [1.29, 1.82) is 0 Å². The van der Waals surface area contributed by atoms with Crippen LogP contribution in [0.15, 0.2) is 154 Å². The van der Waals surface area contributed by atoms with E-state index in [1.807, 2.05) is 103 Å². The van der Waals surface area contributed by atoms with E-state index in [0.717, 1.165) is 49.7 Å². The van der Waals surface area contributed by atoms with Gasteiger partial charge >= 0.3 is 0 Å². The summed E-state index contributed by atoms with van der Waals surface area (Å²) < 4.78 is 12.7. The summed E-state index contributed by atoms with van der Waals surface area (Å²) in [4.78, 5) is 20.2. The van der Waals surface area contributed by atoms with Crippen LogP contribution in [-0.4, -0.2) is 19.9 Å². The van der Waals surface area contributed by atoms with Gasteiger partial charge in [-0.15, -0.1) is 0 Å². The molecule has 46 heavy (non-hydrogen) atoms. The average molecular weight is 593 g/mol. The van der Waals surface area contributed by atoms with E-state index in [0.29, 0.717) is 40.0 Å². The first-order chi connectivity index (χ1) is 22.8. The van der Waals surface area contributed by atoms with Gasteiger partial charge in [0.15, 0.2) is 23.1 Å². The molecule has 3 heterocycles. The summed E-state index contributed by atoms with van der Waals surface area (Å²) in [6, 6.07) is 48.4. The number of hydrogen-bond acceptors (Lipinski definition) is 6. The summed E-state index contributed by atoms with van der Waals surface area (Å²) in [5.41, 5.74) is 8.36. The zero-order valence-corrected chi connectivity index (χ0v) is 24.5. The normalized spacial score (nSPS) is 11.5. The summed E-state index contributed by atoms with van der Waals surface area (Å²) in [7, 11) is 0. The molecule has 0 spiro atoms. The van der Waals surface area contributed by atoms with Gasteiger partial charge in [0.05, 0.1) is 5.56 Å². The molecule has 3 aromatic heterocycles. The van der Waals surface area contributed by atoms with Crippen molar-refractivity contribution in [2.75, 3.05) is 0 Å². The highest BCUT2D eigenvalue weighted by atomic mass is 16.4. The molecule has 6 heteroatoms. The lowest BCUT2D eigenvalue weighted by Crippen LogP contribution is -2.01. The number of fused-ring (bicyclic) bond motifs is 4. The van der Waals surface area contributed by atoms with Crippen molar-refractivity contribution < 1.29 is 8.83 Å². The van der Waals surface area contributed by atoms with Crippen molar-refractivity contribution in [3.63, 3.8) is 0 Å². The second-order valence-electron chi connectivity index (χ2n) is 11.1. The molecule has 0 N–H and O–H groups in total. The van der Waals surface area contributed by atoms with Crippen LogP contribution in [0.5, 0.6) is 0 Å². The molecule has 9 aromatic rings. The van der Waals surface area contributed by atoms with Crippen LogP contribution in [0.4, 0.5) is 0 Å². The van der Waals surface area contributed by atoms with Gasteiger partial charge in [-0.2, -0.15) is 0 Å². The Balaban J connectivity index is 1.32. The smallest absolute Gasteiger partial charge is 0.227 e. The summed E-state index contributed by atoms with van der Waals surface area (Å²) in [6.45, 7) is 0. The largest absolute Gasteiger partial charge is 0.456 e. The van der Waals surface area contributed by atoms with Crippen LogP contribution in [0.3, 0.4) is 0 Å². The molecule has 0 atom stereocenters. The third kappa shape index (κ3) is 4.43. The molecular formula is C40H24N4O2. The van der Waals surface area contributed by atoms with Crippen molar-refractivity contribution in [2.24, 2.45) is 0 Å². The zero-order valence-electron chi connectivity index (χ0n) is 24.5. The van der Waals surface area contributed by atoms with Gasteiger partial charge in [0.2, 0.25) is 5.89 Å². The predicted molar refractivity (Wildman–Crippen MR) is 182 cm³/mol. The Kier molecular flexibility index (Phi) is 6.03. The maximum atomic E-state index is 6.36. The van der Waals surface area contributed by atoms with E-state index in [-0.39, 0.29) is 0 Å². The van der Waals surface area contributed by atoms with Gasteiger partial charge in [-0.3, -0.25) is 0 Å². The fraction of sp³-hybridized carbons (Fsp3) is 0. The minimum atomic E-state index is 0.492. The molecule has 216 valence electrons. The zero-order chi connectivity index (χ0) is 30.5. The number of aromatic nitrogens is 4. The molecule has 0 unspecified atom stereocenters. The highest BCUT2D eigenvalue weighted by Gasteiger charge is 2.24. The molecule has 6 aromatic carbocycles. The van der Waals surface area contributed by atoms with Crippen LogP contribution >= 0.6 is 0 Å². The lowest BCUT2D eigenvalue weighted by atomic mass is 10.0. The number of furan rings is 1. The van der Waals surface area contributed by atoms with Crippen LogP contribution in [0.25, 0.3) is 89.8 Å². The number of hydrogen-bond donors (Lipinski definition) is 0. The first-order valence-electron chi connectivity index (χ1n) is 15.1. The van der Waals surface area contributed by atoms with Crippen molar-refractivity contribution >= 4 is 33.0 Å². The Morgan fingerprint density at radius 1 is 0.370 bits per heavy atom. The Morgan fingerprint density at radius 3 is 1.59 bits per heavy atom. The number of rotatable bonds is 5. The molecule has 9 rings (SSSR count). The first-order valence-corrected chi connectivity index (χ1v) is 15.1. The highest BCUT2D eigenvalue weighted by molar-refractivity contribution is 6.18. The Hall–Kier alpha value is -6.40. The summed E-state index contributed by atoms with van der Waals surface area (Å²) in [5, 5.41) is 1.83. The maximum Gasteiger partial charge on any atom is 0.227 e. The molecule has 0 aliphatic carbocycles. The minimum absolute atomic E-state index is 0.492. The molecule has 0 amide bonds. The van der Waals surface area contributed by atoms with Gasteiger partial charge in [0.1, 0.15) is 16.7 Å². The van der Waals surface area contributed by atoms with E-state index < -0.39 is 0 Å². The van der Waals surface area contributed by atoms with Crippen LogP contribution in [0.2, 0.25) is 0 Å². The van der Waals surface area contributed by atoms with Crippen molar-refractivity contribution in [1.82, 2.24) is 19.9 Å². The fourth-order valence-corrected chi connectivity index (χ4v) is 5.97. The number of nitrogens with zero attached hydrogens (tertiary/aromatic N) is 4. The van der Waals surface area contributed by atoms with Crippen molar-refractivity contribution in [3.8, 4) is 56.7 Å². The molecule has 6 nitrogen and oxygen atoms in total. The third-order valence-electron chi connectivity index (χ3n) is 8.19. The van der Waals surface area contributed by atoms with Crippen molar-refractivity contribution in [2.45, 2.75) is 0 Å². The molecule has 0 radical (unpaired) electrons. The average Bonchev–Trinajstić information content (AvgIpc) is 3.73. The lowest BCUT2D eigenvalue weighted by Gasteiger charge is -2.10. The van der Waals surface area contributed by atoms with E-state index in [9.17, 15) is 0 Å².